The van der Waals surface area contributed by atoms with E-state index in [1.54, 1.807) is 0 Å². The Labute approximate surface area is 120 Å². The summed E-state index contributed by atoms with van der Waals surface area (Å²) < 4.78 is 27.7. The molecule has 1 aliphatic heterocycles. The molecular formula is C17H23F2N. The first kappa shape index (κ1) is 14.0. The van der Waals surface area contributed by atoms with E-state index in [-0.39, 0.29) is 5.56 Å². The number of likely N-dealkylation sites (tertiary alicyclic amines) is 1. The monoisotopic (exact) mass is 279 g/mol. The Morgan fingerprint density at radius 3 is 2.45 bits per heavy atom. The molecule has 2 bridgehead atoms. The summed E-state index contributed by atoms with van der Waals surface area (Å²) in [6.07, 6.45) is 3.48. The van der Waals surface area contributed by atoms with E-state index in [1.807, 2.05) is 0 Å². The van der Waals surface area contributed by atoms with Gasteiger partial charge in [0.25, 0.3) is 0 Å². The normalized spacial score (nSPS) is 32.5. The molecule has 1 saturated heterocycles. The third-order valence-electron chi connectivity index (χ3n) is 4.95. The zero-order chi connectivity index (χ0) is 14.5. The summed E-state index contributed by atoms with van der Waals surface area (Å²) in [5.41, 5.74) is 0.857. The predicted molar refractivity (Wildman–Crippen MR) is 76.3 cm³/mol. The molecule has 0 unspecified atom stereocenters. The summed E-state index contributed by atoms with van der Waals surface area (Å²) in [6, 6.07) is 4.60. The van der Waals surface area contributed by atoms with E-state index in [0.29, 0.717) is 23.4 Å². The largest absolute Gasteiger partial charge is 0.295 e. The topological polar surface area (TPSA) is 3.24 Å². The van der Waals surface area contributed by atoms with Gasteiger partial charge in [-0.3, -0.25) is 4.90 Å². The van der Waals surface area contributed by atoms with Crippen LogP contribution in [-0.4, -0.2) is 17.5 Å². The molecule has 1 saturated carbocycles. The molecule has 2 atom stereocenters. The van der Waals surface area contributed by atoms with Gasteiger partial charge in [-0.15, -0.1) is 0 Å². The number of hydrogen-bond acceptors (Lipinski definition) is 1. The summed E-state index contributed by atoms with van der Waals surface area (Å²) in [5, 5.41) is 0. The maximum atomic E-state index is 13.8. The van der Waals surface area contributed by atoms with Gasteiger partial charge >= 0.3 is 0 Å². The highest BCUT2D eigenvalue weighted by Gasteiger charge is 2.49. The Morgan fingerprint density at radius 2 is 1.80 bits per heavy atom. The van der Waals surface area contributed by atoms with Gasteiger partial charge in [-0.05, 0) is 42.2 Å². The molecule has 3 heteroatoms. The number of rotatable bonds is 2. The van der Waals surface area contributed by atoms with Crippen LogP contribution in [0.15, 0.2) is 18.2 Å². The molecule has 20 heavy (non-hydrogen) atoms. The van der Waals surface area contributed by atoms with E-state index < -0.39 is 11.6 Å². The van der Waals surface area contributed by atoms with Crippen LogP contribution in [0.1, 0.15) is 45.6 Å². The van der Waals surface area contributed by atoms with Crippen LogP contribution in [-0.2, 0) is 6.54 Å². The highest BCUT2D eigenvalue weighted by Crippen LogP contribution is 2.52. The lowest BCUT2D eigenvalue weighted by atomic mass is 9.65. The summed E-state index contributed by atoms with van der Waals surface area (Å²) in [6.45, 7) is 8.29. The smallest absolute Gasteiger partial charge is 0.130 e. The molecule has 0 amide bonds. The molecule has 1 nitrogen and oxygen atoms in total. The van der Waals surface area contributed by atoms with Crippen LogP contribution >= 0.6 is 0 Å². The predicted octanol–water partition coefficient (Wildman–Crippen LogP) is 4.37. The van der Waals surface area contributed by atoms with Crippen molar-refractivity contribution in [2.24, 2.45) is 10.8 Å². The maximum absolute atomic E-state index is 13.8. The molecular weight excluding hydrogens is 256 g/mol. The van der Waals surface area contributed by atoms with Crippen molar-refractivity contribution >= 4 is 0 Å². The van der Waals surface area contributed by atoms with Gasteiger partial charge in [-0.1, -0.05) is 26.8 Å². The van der Waals surface area contributed by atoms with E-state index in [1.165, 1.54) is 24.6 Å². The molecule has 0 N–H and O–H groups in total. The molecule has 110 valence electrons. The fraction of sp³-hybridized carbons (Fsp3) is 0.647. The summed E-state index contributed by atoms with van der Waals surface area (Å²) in [4.78, 5) is 2.29. The molecule has 0 aromatic heterocycles. The molecule has 1 aromatic carbocycles. The Balaban J connectivity index is 1.83. The number of fused-ring (bicyclic) bond motifs is 2. The highest BCUT2D eigenvalue weighted by atomic mass is 19.1. The lowest BCUT2D eigenvalue weighted by molar-refractivity contribution is 0.126. The van der Waals surface area contributed by atoms with Crippen molar-refractivity contribution in [3.63, 3.8) is 0 Å². The van der Waals surface area contributed by atoms with Crippen molar-refractivity contribution in [2.45, 2.75) is 52.6 Å². The van der Waals surface area contributed by atoms with Crippen LogP contribution in [0.2, 0.25) is 0 Å². The number of hydrogen-bond donors (Lipinski definition) is 0. The lowest BCUT2D eigenvalue weighted by Gasteiger charge is -2.40. The Kier molecular flexibility index (Phi) is 3.16. The molecule has 1 aromatic rings. The highest BCUT2D eigenvalue weighted by molar-refractivity contribution is 5.20. The average Bonchev–Trinajstić information content (AvgIpc) is 2.53. The minimum Gasteiger partial charge on any atom is -0.295 e. The standard InChI is InChI=1S/C17H23F2N/c1-16(2)7-12-8-17(3,10-16)11-20(12)9-13-14(18)5-4-6-15(13)19/h4-6,12H,7-11H2,1-3H3/t12-,17-/m0/s1. The average molecular weight is 279 g/mol. The first-order valence-corrected chi connectivity index (χ1v) is 7.45. The van der Waals surface area contributed by atoms with Crippen molar-refractivity contribution in [3.05, 3.63) is 35.4 Å². The molecule has 2 aliphatic rings. The fourth-order valence-corrected chi connectivity index (χ4v) is 4.65. The summed E-state index contributed by atoms with van der Waals surface area (Å²) >= 11 is 0. The quantitative estimate of drug-likeness (QED) is 0.777. The van der Waals surface area contributed by atoms with Gasteiger partial charge in [0.2, 0.25) is 0 Å². The Morgan fingerprint density at radius 1 is 1.15 bits per heavy atom. The van der Waals surface area contributed by atoms with Crippen molar-refractivity contribution in [1.82, 2.24) is 4.90 Å². The minimum atomic E-state index is -0.420. The molecule has 3 rings (SSSR count). The van der Waals surface area contributed by atoms with E-state index in [0.717, 1.165) is 19.4 Å². The van der Waals surface area contributed by atoms with Gasteiger partial charge in [0.1, 0.15) is 11.6 Å². The van der Waals surface area contributed by atoms with Crippen molar-refractivity contribution < 1.29 is 8.78 Å². The molecule has 2 fully saturated rings. The van der Waals surface area contributed by atoms with Crippen LogP contribution in [0.25, 0.3) is 0 Å². The van der Waals surface area contributed by atoms with Gasteiger partial charge < -0.3 is 0 Å². The van der Waals surface area contributed by atoms with Crippen LogP contribution < -0.4 is 0 Å². The number of halogens is 2. The second kappa shape index (κ2) is 4.52. The van der Waals surface area contributed by atoms with E-state index in [4.69, 9.17) is 0 Å². The van der Waals surface area contributed by atoms with Crippen molar-refractivity contribution in [3.8, 4) is 0 Å². The number of nitrogens with zero attached hydrogens (tertiary/aromatic N) is 1. The maximum Gasteiger partial charge on any atom is 0.130 e. The first-order chi connectivity index (χ1) is 9.28. The molecule has 0 spiro atoms. The molecule has 0 radical (unpaired) electrons. The van der Waals surface area contributed by atoms with Gasteiger partial charge in [0.15, 0.2) is 0 Å². The third-order valence-corrected chi connectivity index (χ3v) is 4.95. The van der Waals surface area contributed by atoms with Gasteiger partial charge in [0.05, 0.1) is 0 Å². The molecule has 1 heterocycles. The second-order valence-electron chi connectivity index (χ2n) is 7.82. The Hall–Kier alpha value is -0.960. The zero-order valence-electron chi connectivity index (χ0n) is 12.5. The van der Waals surface area contributed by atoms with Crippen LogP contribution in [0, 0.1) is 22.5 Å². The van der Waals surface area contributed by atoms with Crippen LogP contribution in [0.3, 0.4) is 0 Å². The zero-order valence-corrected chi connectivity index (χ0v) is 12.5. The fourth-order valence-electron chi connectivity index (χ4n) is 4.65. The molecule has 1 aliphatic carbocycles. The SMILES string of the molecule is CC1(C)C[C@H]2C[C@](C)(CN2Cc2c(F)cccc2F)C1. The number of benzene rings is 1. The Bertz CT molecular complexity index is 505. The van der Waals surface area contributed by atoms with Gasteiger partial charge in [-0.2, -0.15) is 0 Å². The first-order valence-electron chi connectivity index (χ1n) is 7.45. The van der Waals surface area contributed by atoms with E-state index in [9.17, 15) is 8.78 Å². The van der Waals surface area contributed by atoms with Crippen molar-refractivity contribution in [2.75, 3.05) is 6.54 Å². The summed E-state index contributed by atoms with van der Waals surface area (Å²) in [7, 11) is 0. The summed E-state index contributed by atoms with van der Waals surface area (Å²) in [5.74, 6) is -0.841. The second-order valence-corrected chi connectivity index (χ2v) is 7.82. The lowest BCUT2D eigenvalue weighted by Crippen LogP contribution is -2.34. The van der Waals surface area contributed by atoms with E-state index >= 15 is 0 Å². The van der Waals surface area contributed by atoms with Crippen molar-refractivity contribution in [1.29, 1.82) is 0 Å². The van der Waals surface area contributed by atoms with Gasteiger partial charge in [-0.25, -0.2) is 8.78 Å². The van der Waals surface area contributed by atoms with Gasteiger partial charge in [0, 0.05) is 24.7 Å². The minimum absolute atomic E-state index is 0.224. The van der Waals surface area contributed by atoms with Crippen LogP contribution in [0.4, 0.5) is 8.78 Å². The van der Waals surface area contributed by atoms with Crippen LogP contribution in [0.5, 0.6) is 0 Å². The third kappa shape index (κ3) is 2.48. The van der Waals surface area contributed by atoms with E-state index in [2.05, 4.69) is 25.7 Å².